The molecule has 0 fully saturated rings. The SMILES string of the molecule is O=S(=O)(CCc1cn[nH]c1)c1nc(CO)cs1. The molecule has 0 bridgehead atoms. The van der Waals surface area contributed by atoms with Crippen molar-refractivity contribution in [3.05, 3.63) is 29.0 Å². The molecule has 6 nitrogen and oxygen atoms in total. The Morgan fingerprint density at radius 3 is 2.88 bits per heavy atom. The predicted octanol–water partition coefficient (Wildman–Crippen LogP) is 0.375. The van der Waals surface area contributed by atoms with Crippen LogP contribution in [0.15, 0.2) is 22.1 Å². The van der Waals surface area contributed by atoms with Gasteiger partial charge in [-0.25, -0.2) is 13.4 Å². The summed E-state index contributed by atoms with van der Waals surface area (Å²) in [5.74, 6) is -0.00901. The Hall–Kier alpha value is -1.25. The quantitative estimate of drug-likeness (QED) is 0.820. The molecular weight excluding hydrogens is 262 g/mol. The average molecular weight is 273 g/mol. The van der Waals surface area contributed by atoms with Crippen molar-refractivity contribution in [2.45, 2.75) is 17.4 Å². The van der Waals surface area contributed by atoms with Crippen molar-refractivity contribution < 1.29 is 13.5 Å². The van der Waals surface area contributed by atoms with E-state index in [1.54, 1.807) is 17.8 Å². The van der Waals surface area contributed by atoms with Gasteiger partial charge in [0.05, 0.1) is 24.3 Å². The minimum atomic E-state index is -3.37. The first kappa shape index (κ1) is 12.2. The summed E-state index contributed by atoms with van der Waals surface area (Å²) in [4.78, 5) is 3.86. The van der Waals surface area contributed by atoms with Gasteiger partial charge in [0.2, 0.25) is 14.2 Å². The molecule has 0 saturated heterocycles. The number of thiazole rings is 1. The molecule has 0 spiro atoms. The van der Waals surface area contributed by atoms with Crippen LogP contribution in [-0.4, -0.2) is 34.5 Å². The summed E-state index contributed by atoms with van der Waals surface area (Å²) in [7, 11) is -3.37. The molecule has 0 atom stereocenters. The Balaban J connectivity index is 2.08. The number of aromatic nitrogens is 3. The van der Waals surface area contributed by atoms with E-state index in [1.165, 1.54) is 0 Å². The zero-order valence-corrected chi connectivity index (χ0v) is 10.5. The summed E-state index contributed by atoms with van der Waals surface area (Å²) >= 11 is 1.04. The van der Waals surface area contributed by atoms with Gasteiger partial charge in [-0.05, 0) is 12.0 Å². The number of sulfone groups is 1. The van der Waals surface area contributed by atoms with Crippen LogP contribution >= 0.6 is 11.3 Å². The lowest BCUT2D eigenvalue weighted by molar-refractivity contribution is 0.277. The highest BCUT2D eigenvalue weighted by Gasteiger charge is 2.18. The molecule has 2 N–H and O–H groups in total. The number of aryl methyl sites for hydroxylation is 1. The van der Waals surface area contributed by atoms with E-state index in [1.807, 2.05) is 0 Å². The summed E-state index contributed by atoms with van der Waals surface area (Å²) < 4.78 is 23.8. The topological polar surface area (TPSA) is 95.9 Å². The number of nitrogens with one attached hydrogen (secondary N) is 1. The molecule has 0 saturated carbocycles. The van der Waals surface area contributed by atoms with Gasteiger partial charge in [-0.2, -0.15) is 5.10 Å². The maximum Gasteiger partial charge on any atom is 0.209 e. The van der Waals surface area contributed by atoms with E-state index < -0.39 is 9.84 Å². The third-order valence-corrected chi connectivity index (χ3v) is 5.27. The van der Waals surface area contributed by atoms with Crippen LogP contribution in [0, 0.1) is 0 Å². The van der Waals surface area contributed by atoms with Gasteiger partial charge >= 0.3 is 0 Å². The first-order valence-electron chi connectivity index (χ1n) is 4.87. The predicted molar refractivity (Wildman–Crippen MR) is 62.4 cm³/mol. The Morgan fingerprint density at radius 2 is 2.29 bits per heavy atom. The molecule has 0 aliphatic heterocycles. The summed E-state index contributed by atoms with van der Waals surface area (Å²) in [5.41, 5.74) is 1.23. The number of hydrogen-bond donors (Lipinski definition) is 2. The number of H-pyrrole nitrogens is 1. The van der Waals surface area contributed by atoms with E-state index in [9.17, 15) is 8.42 Å². The van der Waals surface area contributed by atoms with Crippen molar-refractivity contribution in [3.63, 3.8) is 0 Å². The molecular formula is C9H11N3O3S2. The van der Waals surface area contributed by atoms with Crippen molar-refractivity contribution in [2.24, 2.45) is 0 Å². The van der Waals surface area contributed by atoms with E-state index in [0.717, 1.165) is 16.9 Å². The summed E-state index contributed by atoms with van der Waals surface area (Å²) in [5, 5.41) is 16.8. The fraction of sp³-hybridized carbons (Fsp3) is 0.333. The van der Waals surface area contributed by atoms with Gasteiger partial charge in [0.1, 0.15) is 0 Å². The number of rotatable bonds is 5. The summed E-state index contributed by atoms with van der Waals surface area (Å²) in [6.07, 6.45) is 3.65. The summed E-state index contributed by atoms with van der Waals surface area (Å²) in [6.45, 7) is -0.242. The molecule has 2 aromatic heterocycles. The van der Waals surface area contributed by atoms with E-state index in [0.29, 0.717) is 12.1 Å². The zero-order chi connectivity index (χ0) is 12.3. The molecule has 92 valence electrons. The number of aliphatic hydroxyl groups is 1. The second kappa shape index (κ2) is 4.94. The standard InChI is InChI=1S/C9H11N3O3S2/c13-5-8-6-16-9(12-8)17(14,15)2-1-7-3-10-11-4-7/h3-4,6,13H,1-2,5H2,(H,10,11). The molecule has 0 unspecified atom stereocenters. The number of nitrogens with zero attached hydrogens (tertiary/aromatic N) is 2. The van der Waals surface area contributed by atoms with Crippen LogP contribution in [0.4, 0.5) is 0 Å². The summed E-state index contributed by atoms with van der Waals surface area (Å²) in [6, 6.07) is 0. The van der Waals surface area contributed by atoms with E-state index in [-0.39, 0.29) is 16.7 Å². The normalized spacial score (nSPS) is 11.8. The fourth-order valence-corrected chi connectivity index (χ4v) is 3.71. The van der Waals surface area contributed by atoms with Crippen LogP contribution in [0.25, 0.3) is 0 Å². The lowest BCUT2D eigenvalue weighted by Crippen LogP contribution is -2.09. The van der Waals surface area contributed by atoms with Gasteiger partial charge in [0.25, 0.3) is 0 Å². The number of aromatic amines is 1. The van der Waals surface area contributed by atoms with Crippen molar-refractivity contribution in [2.75, 3.05) is 5.75 Å². The second-order valence-electron chi connectivity index (χ2n) is 3.44. The first-order valence-corrected chi connectivity index (χ1v) is 7.40. The van der Waals surface area contributed by atoms with E-state index in [2.05, 4.69) is 15.2 Å². The Kier molecular flexibility index (Phi) is 3.55. The lowest BCUT2D eigenvalue weighted by atomic mass is 10.3. The minimum absolute atomic E-state index is 0.00901. The molecule has 17 heavy (non-hydrogen) atoms. The third kappa shape index (κ3) is 2.90. The van der Waals surface area contributed by atoms with Gasteiger partial charge in [-0.1, -0.05) is 0 Å². The van der Waals surface area contributed by atoms with Crippen LogP contribution in [0.1, 0.15) is 11.3 Å². The Bertz CT molecular complexity index is 574. The third-order valence-electron chi connectivity index (χ3n) is 2.17. The fourth-order valence-electron chi connectivity index (χ4n) is 1.26. The zero-order valence-electron chi connectivity index (χ0n) is 8.83. The highest BCUT2D eigenvalue weighted by atomic mass is 32.2. The molecule has 2 heterocycles. The maximum absolute atomic E-state index is 11.9. The van der Waals surface area contributed by atoms with E-state index in [4.69, 9.17) is 5.11 Å². The largest absolute Gasteiger partial charge is 0.390 e. The highest BCUT2D eigenvalue weighted by molar-refractivity contribution is 7.93. The maximum atomic E-state index is 11.9. The molecule has 2 rings (SSSR count). The average Bonchev–Trinajstić information content (AvgIpc) is 2.98. The van der Waals surface area contributed by atoms with E-state index >= 15 is 0 Å². The second-order valence-corrected chi connectivity index (χ2v) is 6.58. The van der Waals surface area contributed by atoms with Crippen LogP contribution < -0.4 is 0 Å². The minimum Gasteiger partial charge on any atom is -0.390 e. The number of aliphatic hydroxyl groups excluding tert-OH is 1. The van der Waals surface area contributed by atoms with Gasteiger partial charge in [0.15, 0.2) is 0 Å². The van der Waals surface area contributed by atoms with Crippen LogP contribution in [-0.2, 0) is 22.9 Å². The molecule has 0 radical (unpaired) electrons. The van der Waals surface area contributed by atoms with Crippen LogP contribution in [0.2, 0.25) is 0 Å². The monoisotopic (exact) mass is 273 g/mol. The van der Waals surface area contributed by atoms with Gasteiger partial charge in [-0.15, -0.1) is 11.3 Å². The molecule has 0 aliphatic rings. The van der Waals surface area contributed by atoms with Crippen LogP contribution in [0.3, 0.4) is 0 Å². The van der Waals surface area contributed by atoms with Gasteiger partial charge in [0, 0.05) is 11.6 Å². The molecule has 8 heteroatoms. The number of hydrogen-bond acceptors (Lipinski definition) is 6. The smallest absolute Gasteiger partial charge is 0.209 e. The van der Waals surface area contributed by atoms with Crippen molar-refractivity contribution in [1.29, 1.82) is 0 Å². The molecule has 0 aromatic carbocycles. The Labute approximate surface area is 102 Å². The van der Waals surface area contributed by atoms with Crippen molar-refractivity contribution >= 4 is 21.2 Å². The van der Waals surface area contributed by atoms with Crippen molar-refractivity contribution in [3.8, 4) is 0 Å². The highest BCUT2D eigenvalue weighted by Crippen LogP contribution is 2.18. The molecule has 0 aliphatic carbocycles. The lowest BCUT2D eigenvalue weighted by Gasteiger charge is -1.98. The van der Waals surface area contributed by atoms with Crippen molar-refractivity contribution in [1.82, 2.24) is 15.2 Å². The molecule has 0 amide bonds. The van der Waals surface area contributed by atoms with Gasteiger partial charge in [-0.3, -0.25) is 5.10 Å². The molecule has 2 aromatic rings. The Morgan fingerprint density at radius 1 is 1.47 bits per heavy atom. The van der Waals surface area contributed by atoms with Gasteiger partial charge < -0.3 is 5.11 Å². The first-order chi connectivity index (χ1) is 8.12. The van der Waals surface area contributed by atoms with Crippen LogP contribution in [0.5, 0.6) is 0 Å².